The molecule has 0 aliphatic heterocycles. The van der Waals surface area contributed by atoms with Gasteiger partial charge in [0.1, 0.15) is 5.56 Å². The summed E-state index contributed by atoms with van der Waals surface area (Å²) in [5, 5.41) is 10.3. The summed E-state index contributed by atoms with van der Waals surface area (Å²) < 4.78 is 1.21. The molecule has 134 valence electrons. The van der Waals surface area contributed by atoms with Crippen molar-refractivity contribution in [3.8, 4) is 5.88 Å². The van der Waals surface area contributed by atoms with E-state index in [9.17, 15) is 14.7 Å². The van der Waals surface area contributed by atoms with Gasteiger partial charge in [0.05, 0.1) is 6.04 Å². The van der Waals surface area contributed by atoms with Gasteiger partial charge in [-0.1, -0.05) is 39.0 Å². The maximum absolute atomic E-state index is 12.0. The molecule has 7 nitrogen and oxygen atoms in total. The Morgan fingerprint density at radius 3 is 2.75 bits per heavy atom. The number of unbranched alkanes of at least 4 members (excludes halogenated alkanes) is 3. The number of aromatic amines is 1. The number of nitrogens with two attached hydrogens (primary N) is 1. The van der Waals surface area contributed by atoms with E-state index in [0.717, 1.165) is 51.4 Å². The number of hydrogen-bond donors (Lipinski definition) is 3. The van der Waals surface area contributed by atoms with Gasteiger partial charge in [-0.05, 0) is 19.3 Å². The average Bonchev–Trinajstić information content (AvgIpc) is 2.55. The van der Waals surface area contributed by atoms with Crippen LogP contribution in [0.1, 0.15) is 63.9 Å². The number of rotatable bonds is 7. The first-order chi connectivity index (χ1) is 11.5. The molecular formula is C17H28N4O3. The van der Waals surface area contributed by atoms with Crippen LogP contribution < -0.4 is 17.0 Å². The lowest BCUT2D eigenvalue weighted by molar-refractivity contribution is 0.385. The van der Waals surface area contributed by atoms with Crippen molar-refractivity contribution in [2.45, 2.75) is 76.9 Å². The minimum atomic E-state index is -0.615. The Kier molecular flexibility index (Phi) is 6.78. The molecule has 0 bridgehead atoms. The molecule has 0 spiro atoms. The Balaban J connectivity index is 2.19. The molecule has 0 saturated heterocycles. The van der Waals surface area contributed by atoms with Crippen LogP contribution in [-0.4, -0.2) is 33.0 Å². The minimum absolute atomic E-state index is 0.0174. The number of aromatic nitrogens is 2. The first kappa shape index (κ1) is 18.4. The van der Waals surface area contributed by atoms with Crippen LogP contribution in [0.5, 0.6) is 5.88 Å². The highest BCUT2D eigenvalue weighted by molar-refractivity contribution is 5.82. The van der Waals surface area contributed by atoms with E-state index in [4.69, 9.17) is 5.73 Å². The van der Waals surface area contributed by atoms with E-state index in [1.807, 2.05) is 0 Å². The molecule has 2 unspecified atom stereocenters. The normalized spacial score (nSPS) is 21.4. The molecule has 24 heavy (non-hydrogen) atoms. The average molecular weight is 336 g/mol. The van der Waals surface area contributed by atoms with Gasteiger partial charge in [-0.15, -0.1) is 0 Å². The Morgan fingerprint density at radius 1 is 1.29 bits per heavy atom. The van der Waals surface area contributed by atoms with Crippen LogP contribution in [0.2, 0.25) is 0 Å². The maximum Gasteiger partial charge on any atom is 0.331 e. The molecule has 1 aromatic rings. The van der Waals surface area contributed by atoms with Crippen LogP contribution >= 0.6 is 0 Å². The predicted octanol–water partition coefficient (Wildman–Crippen LogP) is 1.51. The second-order valence-electron chi connectivity index (χ2n) is 6.50. The third kappa shape index (κ3) is 4.56. The van der Waals surface area contributed by atoms with E-state index in [1.54, 1.807) is 0 Å². The second kappa shape index (κ2) is 8.82. The summed E-state index contributed by atoms with van der Waals surface area (Å²) in [4.78, 5) is 30.6. The lowest BCUT2D eigenvalue weighted by Crippen LogP contribution is -2.36. The number of aliphatic imine (C=N–C) groups is 1. The zero-order valence-electron chi connectivity index (χ0n) is 14.3. The van der Waals surface area contributed by atoms with E-state index in [1.165, 1.54) is 10.8 Å². The first-order valence-corrected chi connectivity index (χ1v) is 8.89. The van der Waals surface area contributed by atoms with Crippen LogP contribution in [0, 0.1) is 0 Å². The molecular weight excluding hydrogens is 308 g/mol. The second-order valence-corrected chi connectivity index (χ2v) is 6.50. The van der Waals surface area contributed by atoms with Gasteiger partial charge < -0.3 is 10.8 Å². The Labute approximate surface area is 141 Å². The quantitative estimate of drug-likeness (QED) is 0.517. The van der Waals surface area contributed by atoms with Crippen molar-refractivity contribution in [3.05, 3.63) is 26.4 Å². The third-order valence-electron chi connectivity index (χ3n) is 4.62. The Morgan fingerprint density at radius 2 is 2.04 bits per heavy atom. The van der Waals surface area contributed by atoms with Crippen molar-refractivity contribution in [2.24, 2.45) is 10.7 Å². The summed E-state index contributed by atoms with van der Waals surface area (Å²) in [6.45, 7) is 2.49. The van der Waals surface area contributed by atoms with Crippen LogP contribution in [0.4, 0.5) is 0 Å². The number of hydrogen-bond acceptors (Lipinski definition) is 5. The standard InChI is InChI=1S/C17H28N4O3/c1-2-3-4-7-10-21-16(23)12(15(22)20-17(21)24)11-19-14-9-6-5-8-13(14)18/h11,13-14,23H,2-10,18H2,1H3,(H,20,22,24). The number of nitrogens with zero attached hydrogens (tertiary/aromatic N) is 2. The third-order valence-corrected chi connectivity index (χ3v) is 4.62. The molecule has 2 atom stereocenters. The van der Waals surface area contributed by atoms with Crippen LogP contribution in [0.15, 0.2) is 14.6 Å². The molecule has 0 amide bonds. The lowest BCUT2D eigenvalue weighted by Gasteiger charge is -2.24. The SMILES string of the molecule is CCCCCCn1c(O)c(C=NC2CCCCC2N)c(=O)[nH]c1=O. The van der Waals surface area contributed by atoms with Gasteiger partial charge in [0, 0.05) is 18.8 Å². The van der Waals surface area contributed by atoms with Crippen molar-refractivity contribution >= 4 is 6.21 Å². The summed E-state index contributed by atoms with van der Waals surface area (Å²) in [6.07, 6.45) is 9.25. The van der Waals surface area contributed by atoms with Crippen LogP contribution in [-0.2, 0) is 6.54 Å². The van der Waals surface area contributed by atoms with E-state index in [0.29, 0.717) is 6.54 Å². The first-order valence-electron chi connectivity index (χ1n) is 8.89. The van der Waals surface area contributed by atoms with Crippen molar-refractivity contribution < 1.29 is 5.11 Å². The highest BCUT2D eigenvalue weighted by atomic mass is 16.3. The van der Waals surface area contributed by atoms with Crippen LogP contribution in [0.3, 0.4) is 0 Å². The number of nitrogens with one attached hydrogen (secondary N) is 1. The highest BCUT2D eigenvalue weighted by Gasteiger charge is 2.21. The number of aromatic hydroxyl groups is 1. The van der Waals surface area contributed by atoms with Gasteiger partial charge in [0.2, 0.25) is 5.88 Å². The molecule has 0 radical (unpaired) electrons. The van der Waals surface area contributed by atoms with Crippen molar-refractivity contribution in [1.29, 1.82) is 0 Å². The summed E-state index contributed by atoms with van der Waals surface area (Å²) in [5.74, 6) is -0.312. The molecule has 2 rings (SSSR count). The smallest absolute Gasteiger partial charge is 0.331 e. The Bertz CT molecular complexity index is 677. The van der Waals surface area contributed by atoms with Gasteiger partial charge in [-0.2, -0.15) is 0 Å². The molecule has 7 heteroatoms. The van der Waals surface area contributed by atoms with E-state index < -0.39 is 11.2 Å². The van der Waals surface area contributed by atoms with E-state index in [2.05, 4.69) is 16.9 Å². The summed E-state index contributed by atoms with van der Waals surface area (Å²) in [6, 6.07) is -0.0568. The van der Waals surface area contributed by atoms with Crippen molar-refractivity contribution in [2.75, 3.05) is 0 Å². The van der Waals surface area contributed by atoms with Crippen molar-refractivity contribution in [1.82, 2.24) is 9.55 Å². The van der Waals surface area contributed by atoms with E-state index >= 15 is 0 Å². The topological polar surface area (TPSA) is 113 Å². The molecule has 1 aliphatic rings. The fourth-order valence-corrected chi connectivity index (χ4v) is 3.09. The molecule has 4 N–H and O–H groups in total. The van der Waals surface area contributed by atoms with Gasteiger partial charge in [-0.3, -0.25) is 19.3 Å². The lowest BCUT2D eigenvalue weighted by atomic mass is 9.91. The largest absolute Gasteiger partial charge is 0.494 e. The molecule has 1 fully saturated rings. The Hall–Kier alpha value is -1.89. The molecule has 1 saturated carbocycles. The van der Waals surface area contributed by atoms with Gasteiger partial charge >= 0.3 is 5.69 Å². The molecule has 1 aliphatic carbocycles. The zero-order chi connectivity index (χ0) is 17.5. The highest BCUT2D eigenvalue weighted by Crippen LogP contribution is 2.20. The number of H-pyrrole nitrogens is 1. The molecule has 1 heterocycles. The van der Waals surface area contributed by atoms with E-state index in [-0.39, 0.29) is 23.5 Å². The summed E-state index contributed by atoms with van der Waals surface area (Å²) in [7, 11) is 0. The van der Waals surface area contributed by atoms with Gasteiger partial charge in [0.25, 0.3) is 5.56 Å². The molecule has 0 aromatic carbocycles. The van der Waals surface area contributed by atoms with Gasteiger partial charge in [-0.25, -0.2) is 4.79 Å². The van der Waals surface area contributed by atoms with Gasteiger partial charge in [0.15, 0.2) is 0 Å². The van der Waals surface area contributed by atoms with Crippen LogP contribution in [0.25, 0.3) is 0 Å². The maximum atomic E-state index is 12.0. The van der Waals surface area contributed by atoms with Crippen molar-refractivity contribution in [3.63, 3.8) is 0 Å². The fourth-order valence-electron chi connectivity index (χ4n) is 3.09. The zero-order valence-corrected chi connectivity index (χ0v) is 14.3. The molecule has 1 aromatic heterocycles. The summed E-state index contributed by atoms with van der Waals surface area (Å²) in [5.41, 5.74) is 4.88. The summed E-state index contributed by atoms with van der Waals surface area (Å²) >= 11 is 0. The fraction of sp³-hybridized carbons (Fsp3) is 0.706. The minimum Gasteiger partial charge on any atom is -0.494 e. The predicted molar refractivity (Wildman–Crippen MR) is 95.0 cm³/mol. The monoisotopic (exact) mass is 336 g/mol.